The summed E-state index contributed by atoms with van der Waals surface area (Å²) in [5, 5.41) is 12.2. The van der Waals surface area contributed by atoms with E-state index in [0.717, 1.165) is 16.5 Å². The van der Waals surface area contributed by atoms with Crippen LogP contribution in [0.5, 0.6) is 0 Å². The van der Waals surface area contributed by atoms with Crippen molar-refractivity contribution in [1.29, 1.82) is 0 Å². The van der Waals surface area contributed by atoms with Gasteiger partial charge < -0.3 is 9.67 Å². The molecule has 5 nitrogen and oxygen atoms in total. The molecule has 2 aromatic carbocycles. The molecular weight excluding hydrogens is 388 g/mol. The molecule has 0 aliphatic carbocycles. The number of amides is 1. The number of aliphatic hydroxyl groups excluding tert-OH is 1. The van der Waals surface area contributed by atoms with Crippen LogP contribution in [0.3, 0.4) is 0 Å². The van der Waals surface area contributed by atoms with Crippen LogP contribution in [0.15, 0.2) is 66.1 Å². The van der Waals surface area contributed by atoms with Crippen LogP contribution in [0.2, 0.25) is 5.02 Å². The van der Waals surface area contributed by atoms with Gasteiger partial charge in [0, 0.05) is 46.3 Å². The number of ketones is 1. The number of Topliss-reactive ketones (excluding diaryl/α,β-unsaturated/α-hetero) is 1. The zero-order valence-electron chi connectivity index (χ0n) is 16.4. The van der Waals surface area contributed by atoms with Crippen LogP contribution >= 0.6 is 11.6 Å². The van der Waals surface area contributed by atoms with Crippen molar-refractivity contribution in [2.45, 2.75) is 19.9 Å². The van der Waals surface area contributed by atoms with Gasteiger partial charge in [-0.25, -0.2) is 0 Å². The summed E-state index contributed by atoms with van der Waals surface area (Å²) in [6.07, 6.45) is 1.91. The number of rotatable bonds is 4. The zero-order chi connectivity index (χ0) is 20.9. The molecule has 1 N–H and O–H groups in total. The molecule has 0 saturated carbocycles. The molecule has 148 valence electrons. The van der Waals surface area contributed by atoms with Gasteiger partial charge in [-0.15, -0.1) is 0 Å². The van der Waals surface area contributed by atoms with E-state index in [1.807, 2.05) is 42.1 Å². The number of hydrogen-bond acceptors (Lipinski definition) is 3. The van der Waals surface area contributed by atoms with Crippen molar-refractivity contribution in [2.75, 3.05) is 4.90 Å². The van der Waals surface area contributed by atoms with Crippen LogP contribution in [0.4, 0.5) is 5.69 Å². The highest BCUT2D eigenvalue weighted by Gasteiger charge is 2.45. The molecule has 1 unspecified atom stereocenters. The molecule has 6 heteroatoms. The minimum atomic E-state index is -0.718. The monoisotopic (exact) mass is 408 g/mol. The van der Waals surface area contributed by atoms with Crippen LogP contribution in [0, 0.1) is 5.92 Å². The van der Waals surface area contributed by atoms with E-state index in [1.54, 1.807) is 38.1 Å². The first-order chi connectivity index (χ1) is 13.8. The molecule has 1 aromatic heterocycles. The van der Waals surface area contributed by atoms with Gasteiger partial charge in [-0.3, -0.25) is 14.5 Å². The molecule has 0 bridgehead atoms. The first-order valence-corrected chi connectivity index (χ1v) is 9.79. The Morgan fingerprint density at radius 1 is 1.10 bits per heavy atom. The average molecular weight is 409 g/mol. The predicted molar refractivity (Wildman–Crippen MR) is 114 cm³/mol. The summed E-state index contributed by atoms with van der Waals surface area (Å²) in [7, 11) is 1.92. The molecule has 3 aromatic rings. The average Bonchev–Trinajstić information content (AvgIpc) is 3.17. The Hall–Kier alpha value is -3.05. The van der Waals surface area contributed by atoms with E-state index in [4.69, 9.17) is 11.6 Å². The van der Waals surface area contributed by atoms with Gasteiger partial charge in [0.15, 0.2) is 11.5 Å². The summed E-state index contributed by atoms with van der Waals surface area (Å²) < 4.78 is 1.96. The molecule has 2 heterocycles. The van der Waals surface area contributed by atoms with Gasteiger partial charge in [-0.2, -0.15) is 0 Å². The van der Waals surface area contributed by atoms with E-state index in [-0.39, 0.29) is 17.3 Å². The van der Waals surface area contributed by atoms with Crippen LogP contribution < -0.4 is 4.90 Å². The van der Waals surface area contributed by atoms with Crippen molar-refractivity contribution in [3.05, 3.63) is 76.6 Å². The maximum Gasteiger partial charge on any atom is 0.294 e. The highest BCUT2D eigenvalue weighted by Crippen LogP contribution is 2.44. The second-order valence-electron chi connectivity index (χ2n) is 7.55. The topological polar surface area (TPSA) is 62.5 Å². The molecule has 0 saturated heterocycles. The first-order valence-electron chi connectivity index (χ1n) is 9.41. The summed E-state index contributed by atoms with van der Waals surface area (Å²) in [5.41, 5.74) is 2.47. The summed E-state index contributed by atoms with van der Waals surface area (Å²) in [5.74, 6) is -1.68. The zero-order valence-corrected chi connectivity index (χ0v) is 17.1. The molecule has 1 aliphatic heterocycles. The Labute approximate surface area is 173 Å². The van der Waals surface area contributed by atoms with E-state index in [1.165, 1.54) is 4.90 Å². The van der Waals surface area contributed by atoms with Gasteiger partial charge in [-0.05, 0) is 30.3 Å². The fourth-order valence-electron chi connectivity index (χ4n) is 3.92. The maximum absolute atomic E-state index is 13.1. The van der Waals surface area contributed by atoms with Gasteiger partial charge in [-0.1, -0.05) is 43.6 Å². The smallest absolute Gasteiger partial charge is 0.294 e. The molecule has 4 rings (SSSR count). The highest BCUT2D eigenvalue weighted by molar-refractivity contribution is 6.30. The largest absolute Gasteiger partial charge is 0.503 e. The van der Waals surface area contributed by atoms with E-state index in [9.17, 15) is 14.7 Å². The summed E-state index contributed by atoms with van der Waals surface area (Å²) >= 11 is 6.02. The number of carbonyl (C=O) groups excluding carboxylic acids is 2. The highest BCUT2D eigenvalue weighted by atomic mass is 35.5. The Morgan fingerprint density at radius 3 is 2.41 bits per heavy atom. The number of carbonyl (C=O) groups is 2. The van der Waals surface area contributed by atoms with Crippen molar-refractivity contribution in [2.24, 2.45) is 13.0 Å². The second-order valence-corrected chi connectivity index (χ2v) is 7.98. The normalized spacial score (nSPS) is 17.1. The maximum atomic E-state index is 13.1. The third-order valence-corrected chi connectivity index (χ3v) is 5.58. The fraction of sp³-hybridized carbons (Fsp3) is 0.217. The molecule has 0 fully saturated rings. The van der Waals surface area contributed by atoms with Crippen molar-refractivity contribution in [1.82, 2.24) is 4.57 Å². The minimum Gasteiger partial charge on any atom is -0.503 e. The molecule has 1 aliphatic rings. The molecule has 1 amide bonds. The lowest BCUT2D eigenvalue weighted by Crippen LogP contribution is -2.31. The number of aliphatic hydroxyl groups is 1. The Morgan fingerprint density at radius 2 is 1.76 bits per heavy atom. The number of anilines is 1. The number of aromatic nitrogens is 1. The number of aryl methyl sites for hydroxylation is 1. The number of fused-ring (bicyclic) bond motifs is 1. The standard InChI is InChI=1S/C23H21ClN2O3/c1-13(2)21(27)19-20(17-12-25(3)18-7-5-4-6-16(17)18)26(23(29)22(19)28)15-10-8-14(24)9-11-15/h4-13,20,28H,1-3H3. The number of nitrogens with zero attached hydrogens (tertiary/aromatic N) is 2. The van der Waals surface area contributed by atoms with Crippen molar-refractivity contribution < 1.29 is 14.7 Å². The third kappa shape index (κ3) is 3.02. The summed E-state index contributed by atoms with van der Waals surface area (Å²) in [6.45, 7) is 3.52. The van der Waals surface area contributed by atoms with Crippen LogP contribution in [-0.4, -0.2) is 21.4 Å². The number of para-hydroxylation sites is 1. The quantitative estimate of drug-likeness (QED) is 0.663. The Kier molecular flexibility index (Phi) is 4.71. The molecule has 1 atom stereocenters. The lowest BCUT2D eigenvalue weighted by molar-refractivity contribution is -0.119. The van der Waals surface area contributed by atoms with Gasteiger partial charge in [0.05, 0.1) is 11.6 Å². The molecular formula is C23H21ClN2O3. The molecule has 0 radical (unpaired) electrons. The van der Waals surface area contributed by atoms with Gasteiger partial charge in [0.2, 0.25) is 0 Å². The number of hydrogen-bond donors (Lipinski definition) is 1. The molecule has 0 spiro atoms. The number of benzene rings is 2. The summed E-state index contributed by atoms with van der Waals surface area (Å²) in [6, 6.07) is 13.9. The Bertz CT molecular complexity index is 1160. The van der Waals surface area contributed by atoms with Crippen molar-refractivity contribution in [3.63, 3.8) is 0 Å². The SMILES string of the molecule is CC(C)C(=O)C1=C(O)C(=O)N(c2ccc(Cl)cc2)C1c1cn(C)c2ccccc12. The molecule has 29 heavy (non-hydrogen) atoms. The van der Waals surface area contributed by atoms with E-state index < -0.39 is 17.7 Å². The third-order valence-electron chi connectivity index (χ3n) is 5.33. The summed E-state index contributed by atoms with van der Waals surface area (Å²) in [4.78, 5) is 27.6. The van der Waals surface area contributed by atoms with E-state index in [0.29, 0.717) is 10.7 Å². The minimum absolute atomic E-state index is 0.135. The second kappa shape index (κ2) is 7.08. The van der Waals surface area contributed by atoms with Crippen LogP contribution in [0.25, 0.3) is 10.9 Å². The van der Waals surface area contributed by atoms with Gasteiger partial charge >= 0.3 is 0 Å². The number of halogens is 1. The van der Waals surface area contributed by atoms with Gasteiger partial charge in [0.1, 0.15) is 0 Å². The van der Waals surface area contributed by atoms with Gasteiger partial charge in [0.25, 0.3) is 5.91 Å². The van der Waals surface area contributed by atoms with Crippen LogP contribution in [0.1, 0.15) is 25.5 Å². The lowest BCUT2D eigenvalue weighted by Gasteiger charge is -2.27. The van der Waals surface area contributed by atoms with Crippen molar-refractivity contribution in [3.8, 4) is 0 Å². The fourth-order valence-corrected chi connectivity index (χ4v) is 4.05. The predicted octanol–water partition coefficient (Wildman–Crippen LogP) is 4.96. The first kappa shape index (κ1) is 19.3. The Balaban J connectivity index is 1.98. The lowest BCUT2D eigenvalue weighted by atomic mass is 9.91. The van der Waals surface area contributed by atoms with Crippen molar-refractivity contribution >= 4 is 39.9 Å². The van der Waals surface area contributed by atoms with Crippen LogP contribution in [-0.2, 0) is 16.6 Å². The van der Waals surface area contributed by atoms with E-state index in [2.05, 4.69) is 0 Å². The van der Waals surface area contributed by atoms with E-state index >= 15 is 0 Å².